The van der Waals surface area contributed by atoms with E-state index in [-0.39, 0.29) is 29.7 Å². The maximum atomic E-state index is 12.0. The van der Waals surface area contributed by atoms with Crippen LogP contribution in [0.2, 0.25) is 0 Å². The largest absolute Gasteiger partial charge is 0.510 e. The molecule has 0 saturated heterocycles. The van der Waals surface area contributed by atoms with Crippen molar-refractivity contribution in [2.45, 2.75) is 18.8 Å². The molecule has 2 aromatic heterocycles. The first-order valence-electron chi connectivity index (χ1n) is 10.1. The number of rotatable bonds is 9. The van der Waals surface area contributed by atoms with E-state index in [4.69, 9.17) is 10.1 Å². The molecule has 4 rings (SSSR count). The Hall–Kier alpha value is -4.21. The maximum absolute atomic E-state index is 12.0. The molecule has 1 aliphatic carbocycles. The van der Waals surface area contributed by atoms with Gasteiger partial charge in [0.15, 0.2) is 11.5 Å². The molecule has 164 valence electrons. The van der Waals surface area contributed by atoms with Gasteiger partial charge in [-0.15, -0.1) is 0 Å². The number of esters is 1. The molecule has 1 aliphatic rings. The van der Waals surface area contributed by atoms with E-state index in [0.717, 1.165) is 18.5 Å². The summed E-state index contributed by atoms with van der Waals surface area (Å²) in [4.78, 5) is 20.5. The number of nitrogens with zero attached hydrogens (tertiary/aromatic N) is 3. The molecular weight excluding hydrogens is 410 g/mol. The van der Waals surface area contributed by atoms with E-state index >= 15 is 0 Å². The van der Waals surface area contributed by atoms with Crippen LogP contribution in [0.25, 0.3) is 0 Å². The fourth-order valence-electron chi connectivity index (χ4n) is 3.02. The van der Waals surface area contributed by atoms with Gasteiger partial charge in [-0.2, -0.15) is 10.1 Å². The number of nitrogens with one attached hydrogen (secondary N) is 4. The summed E-state index contributed by atoms with van der Waals surface area (Å²) in [5, 5.41) is 31.4. The van der Waals surface area contributed by atoms with Crippen LogP contribution in [0.1, 0.15) is 40.5 Å². The van der Waals surface area contributed by atoms with Crippen LogP contribution < -0.4 is 10.6 Å². The summed E-state index contributed by atoms with van der Waals surface area (Å²) >= 11 is 0. The minimum absolute atomic E-state index is 0.0342. The topological polar surface area (TPSA) is 149 Å². The Morgan fingerprint density at radius 1 is 1.25 bits per heavy atom. The molecule has 0 aliphatic heterocycles. The molecule has 3 aromatic rings. The quantitative estimate of drug-likeness (QED) is 0.195. The van der Waals surface area contributed by atoms with Crippen molar-refractivity contribution in [3.05, 3.63) is 71.3 Å². The monoisotopic (exact) mass is 433 g/mol. The number of hydrogen-bond acceptors (Lipinski definition) is 9. The first-order chi connectivity index (χ1) is 15.5. The number of methoxy groups -OCH3 is 1. The molecule has 1 saturated carbocycles. The number of anilines is 3. The summed E-state index contributed by atoms with van der Waals surface area (Å²) in [5.41, 5.74) is 1.95. The van der Waals surface area contributed by atoms with E-state index in [1.807, 2.05) is 24.3 Å². The number of carbonyl (C=O) groups is 1. The number of aliphatic hydroxyl groups excluding tert-OH is 1. The van der Waals surface area contributed by atoms with Crippen LogP contribution in [0.15, 0.2) is 54.3 Å². The lowest BCUT2D eigenvalue weighted by Crippen LogP contribution is -2.13. The van der Waals surface area contributed by atoms with Crippen molar-refractivity contribution < 1.29 is 14.6 Å². The molecule has 0 bridgehead atoms. The second-order valence-corrected chi connectivity index (χ2v) is 7.33. The number of hydrogen-bond donors (Lipinski definition) is 5. The van der Waals surface area contributed by atoms with E-state index < -0.39 is 5.97 Å². The van der Waals surface area contributed by atoms with Crippen molar-refractivity contribution in [2.24, 2.45) is 0 Å². The third-order valence-electron chi connectivity index (χ3n) is 4.82. The fraction of sp³-hybridized carbons (Fsp3) is 0.227. The van der Waals surface area contributed by atoms with E-state index in [0.29, 0.717) is 23.1 Å². The minimum Gasteiger partial charge on any atom is -0.510 e. The second-order valence-electron chi connectivity index (χ2n) is 7.33. The molecule has 32 heavy (non-hydrogen) atoms. The van der Waals surface area contributed by atoms with Crippen LogP contribution in [0, 0.1) is 5.41 Å². The van der Waals surface area contributed by atoms with Crippen molar-refractivity contribution in [3.63, 3.8) is 0 Å². The number of carbonyl (C=O) groups excluding carboxylic acids is 1. The zero-order valence-corrected chi connectivity index (χ0v) is 17.4. The van der Waals surface area contributed by atoms with Gasteiger partial charge in [-0.25, -0.2) is 9.78 Å². The summed E-state index contributed by atoms with van der Waals surface area (Å²) in [7, 11) is 1.27. The third-order valence-corrected chi connectivity index (χ3v) is 4.82. The molecule has 1 fully saturated rings. The second kappa shape index (κ2) is 9.29. The summed E-state index contributed by atoms with van der Waals surface area (Å²) in [6.07, 6.45) is 3.64. The lowest BCUT2D eigenvalue weighted by Gasteiger charge is -2.09. The van der Waals surface area contributed by atoms with Gasteiger partial charge in [0.1, 0.15) is 11.6 Å². The normalized spacial score (nSPS) is 13.5. The SMILES string of the molecule is COC(=O)c1cc(Nc2cc(C3CC3)[nH]n2)nc(NC/C(O)=C/C(=N)c2ccccc2)n1. The first kappa shape index (κ1) is 21.0. The molecule has 0 unspecified atom stereocenters. The van der Waals surface area contributed by atoms with Gasteiger partial charge in [-0.3, -0.25) is 5.10 Å². The van der Waals surface area contributed by atoms with Crippen LogP contribution in [-0.2, 0) is 4.74 Å². The number of aromatic nitrogens is 4. The van der Waals surface area contributed by atoms with Crippen LogP contribution >= 0.6 is 0 Å². The highest BCUT2D eigenvalue weighted by molar-refractivity contribution is 6.06. The van der Waals surface area contributed by atoms with Crippen molar-refractivity contribution in [1.29, 1.82) is 5.41 Å². The van der Waals surface area contributed by atoms with E-state index in [9.17, 15) is 9.90 Å². The molecule has 0 atom stereocenters. The maximum Gasteiger partial charge on any atom is 0.356 e. The molecule has 10 heteroatoms. The van der Waals surface area contributed by atoms with Crippen molar-refractivity contribution in [1.82, 2.24) is 20.2 Å². The highest BCUT2D eigenvalue weighted by Crippen LogP contribution is 2.39. The minimum atomic E-state index is -0.621. The summed E-state index contributed by atoms with van der Waals surface area (Å²) in [6.45, 7) is -0.0342. The molecular formula is C22H23N7O3. The average Bonchev–Trinajstić information content (AvgIpc) is 3.56. The van der Waals surface area contributed by atoms with Gasteiger partial charge in [-0.1, -0.05) is 30.3 Å². The van der Waals surface area contributed by atoms with Crippen LogP contribution in [0.5, 0.6) is 0 Å². The number of allylic oxidation sites excluding steroid dienone is 1. The molecule has 5 N–H and O–H groups in total. The first-order valence-corrected chi connectivity index (χ1v) is 10.1. The molecule has 0 radical (unpaired) electrons. The number of benzene rings is 1. The number of aliphatic hydroxyl groups is 1. The van der Waals surface area contributed by atoms with Gasteiger partial charge >= 0.3 is 5.97 Å². The van der Waals surface area contributed by atoms with Gasteiger partial charge in [0.2, 0.25) is 5.95 Å². The van der Waals surface area contributed by atoms with Crippen molar-refractivity contribution in [3.8, 4) is 0 Å². The summed E-state index contributed by atoms with van der Waals surface area (Å²) < 4.78 is 4.77. The Morgan fingerprint density at radius 2 is 2.03 bits per heavy atom. The van der Waals surface area contributed by atoms with Gasteiger partial charge in [0.05, 0.1) is 19.4 Å². The Bertz CT molecular complexity index is 1150. The smallest absolute Gasteiger partial charge is 0.356 e. The molecule has 1 aromatic carbocycles. The standard InChI is InChI=1S/C22H23N7O3/c1-32-21(31)18-11-19(26-20-10-17(28-29-20)14-7-8-14)27-22(25-18)24-12-15(30)9-16(23)13-5-3-2-4-6-13/h2-6,9-11,14,23,30H,7-8,12H2,1H3,(H3,24,25,26,27,28,29)/b15-9-,23-16?. The predicted molar refractivity (Wildman–Crippen MR) is 120 cm³/mol. The fourth-order valence-corrected chi connectivity index (χ4v) is 3.02. The predicted octanol–water partition coefficient (Wildman–Crippen LogP) is 3.53. The molecule has 2 heterocycles. The average molecular weight is 433 g/mol. The summed E-state index contributed by atoms with van der Waals surface area (Å²) in [6, 6.07) is 12.4. The lowest BCUT2D eigenvalue weighted by atomic mass is 10.1. The van der Waals surface area contributed by atoms with E-state index in [1.54, 1.807) is 12.1 Å². The Balaban J connectivity index is 1.47. The molecule has 10 nitrogen and oxygen atoms in total. The van der Waals surface area contributed by atoms with Crippen LogP contribution in [-0.4, -0.2) is 50.6 Å². The molecule has 0 amide bonds. The van der Waals surface area contributed by atoms with Crippen LogP contribution in [0.4, 0.5) is 17.6 Å². The number of aromatic amines is 1. The van der Waals surface area contributed by atoms with E-state index in [2.05, 4.69) is 30.8 Å². The lowest BCUT2D eigenvalue weighted by molar-refractivity contribution is 0.0594. The van der Waals surface area contributed by atoms with Gasteiger partial charge in [0, 0.05) is 29.8 Å². The Morgan fingerprint density at radius 3 is 2.75 bits per heavy atom. The number of H-pyrrole nitrogens is 1. The third kappa shape index (κ3) is 5.28. The van der Waals surface area contributed by atoms with Gasteiger partial charge < -0.3 is 25.9 Å². The van der Waals surface area contributed by atoms with Crippen molar-refractivity contribution in [2.75, 3.05) is 24.3 Å². The highest BCUT2D eigenvalue weighted by Gasteiger charge is 2.25. The van der Waals surface area contributed by atoms with Crippen molar-refractivity contribution >= 4 is 29.3 Å². The zero-order chi connectivity index (χ0) is 22.5. The Kier molecular flexibility index (Phi) is 6.11. The zero-order valence-electron chi connectivity index (χ0n) is 17.4. The van der Waals surface area contributed by atoms with Gasteiger partial charge in [-0.05, 0) is 18.4 Å². The van der Waals surface area contributed by atoms with Gasteiger partial charge in [0.25, 0.3) is 0 Å². The highest BCUT2D eigenvalue weighted by atomic mass is 16.5. The van der Waals surface area contributed by atoms with Crippen LogP contribution in [0.3, 0.4) is 0 Å². The van der Waals surface area contributed by atoms with E-state index in [1.165, 1.54) is 19.3 Å². The number of ether oxygens (including phenoxy) is 1. The summed E-state index contributed by atoms with van der Waals surface area (Å²) in [5.74, 6) is 0.852. The Labute approximate surface area is 184 Å². The molecule has 0 spiro atoms.